The van der Waals surface area contributed by atoms with Crippen LogP contribution in [0.5, 0.6) is 11.5 Å². The van der Waals surface area contributed by atoms with Gasteiger partial charge >= 0.3 is 0 Å². The highest BCUT2D eigenvalue weighted by Crippen LogP contribution is 2.26. The van der Waals surface area contributed by atoms with E-state index in [1.54, 1.807) is 24.4 Å². The molecule has 0 amide bonds. The number of ether oxygens (including phenoxy) is 1. The van der Waals surface area contributed by atoms with Crippen molar-refractivity contribution < 1.29 is 13.9 Å². The Balaban J connectivity index is 1.72. The third-order valence-electron chi connectivity index (χ3n) is 3.23. The number of carbonyl (C=O) groups excluding carboxylic acids is 1. The third-order valence-corrected chi connectivity index (χ3v) is 4.01. The maximum absolute atomic E-state index is 13.0. The molecule has 0 aliphatic carbocycles. The Morgan fingerprint density at radius 1 is 1.09 bits per heavy atom. The van der Waals surface area contributed by atoms with Gasteiger partial charge in [0.25, 0.3) is 0 Å². The average molecular weight is 327 g/mol. The first-order valence-electron chi connectivity index (χ1n) is 7.12. The number of benzene rings is 2. The maximum atomic E-state index is 13.0. The van der Waals surface area contributed by atoms with Crippen LogP contribution in [-0.4, -0.2) is 10.8 Å². The van der Waals surface area contributed by atoms with Crippen LogP contribution >= 0.6 is 11.3 Å². The van der Waals surface area contributed by atoms with Gasteiger partial charge in [0.15, 0.2) is 0 Å². The number of para-hydroxylation sites is 1. The Bertz CT molecular complexity index is 785. The first-order chi connectivity index (χ1) is 11.2. The van der Waals surface area contributed by atoms with Gasteiger partial charge in [-0.05, 0) is 30.3 Å². The number of nitrogens with zero attached hydrogens (tertiary/aromatic N) is 1. The van der Waals surface area contributed by atoms with Crippen molar-refractivity contribution in [1.82, 2.24) is 4.98 Å². The Kier molecular flexibility index (Phi) is 4.78. The van der Waals surface area contributed by atoms with E-state index < -0.39 is 0 Å². The normalized spacial score (nSPS) is 10.5. The molecule has 3 nitrogen and oxygen atoms in total. The molecule has 0 bridgehead atoms. The summed E-state index contributed by atoms with van der Waals surface area (Å²) in [6.45, 7) is 0. The van der Waals surface area contributed by atoms with E-state index in [9.17, 15) is 9.18 Å². The number of hydrogen-bond acceptors (Lipinski definition) is 4. The van der Waals surface area contributed by atoms with Crippen molar-refractivity contribution in [3.05, 3.63) is 76.5 Å². The summed E-state index contributed by atoms with van der Waals surface area (Å²) in [4.78, 5) is 16.3. The summed E-state index contributed by atoms with van der Waals surface area (Å²) in [6, 6.07) is 13.2. The fraction of sp³-hybridized carbons (Fsp3) is 0.111. The molecule has 0 aliphatic rings. The number of hydrogen-bond donors (Lipinski definition) is 0. The lowest BCUT2D eigenvalue weighted by Gasteiger charge is -2.10. The van der Waals surface area contributed by atoms with E-state index in [0.717, 1.165) is 10.6 Å². The van der Waals surface area contributed by atoms with Crippen molar-refractivity contribution in [2.24, 2.45) is 0 Å². The lowest BCUT2D eigenvalue weighted by atomic mass is 10.1. The quantitative estimate of drug-likeness (QED) is 0.672. The van der Waals surface area contributed by atoms with E-state index >= 15 is 0 Å². The molecular weight excluding hydrogens is 313 g/mol. The number of ketones is 1. The van der Waals surface area contributed by atoms with Crippen molar-refractivity contribution in [3.63, 3.8) is 0 Å². The van der Waals surface area contributed by atoms with Crippen LogP contribution in [0.25, 0.3) is 0 Å². The van der Waals surface area contributed by atoms with Gasteiger partial charge in [-0.2, -0.15) is 0 Å². The van der Waals surface area contributed by atoms with Crippen molar-refractivity contribution in [2.45, 2.75) is 12.8 Å². The number of thiazole rings is 1. The first-order valence-corrected chi connectivity index (χ1v) is 8.00. The van der Waals surface area contributed by atoms with Gasteiger partial charge in [0.1, 0.15) is 23.1 Å². The van der Waals surface area contributed by atoms with Crippen LogP contribution in [0.4, 0.5) is 4.39 Å². The summed E-state index contributed by atoms with van der Waals surface area (Å²) in [5.41, 5.74) is 0.804. The standard InChI is InChI=1S/C18H14FNO2S/c19-14-5-7-16(8-6-14)22-17-4-2-1-3-13(17)11-15(21)12-18-20-9-10-23-18/h1-10H,11-12H2. The Morgan fingerprint density at radius 2 is 1.87 bits per heavy atom. The zero-order valence-corrected chi connectivity index (χ0v) is 13.1. The average Bonchev–Trinajstić information content (AvgIpc) is 3.04. The molecule has 3 aromatic rings. The summed E-state index contributed by atoms with van der Waals surface area (Å²) < 4.78 is 18.7. The van der Waals surface area contributed by atoms with Gasteiger partial charge in [-0.25, -0.2) is 9.37 Å². The van der Waals surface area contributed by atoms with Gasteiger partial charge in [-0.1, -0.05) is 18.2 Å². The Hall–Kier alpha value is -2.53. The fourth-order valence-electron chi connectivity index (χ4n) is 2.16. The van der Waals surface area contributed by atoms with Crippen LogP contribution < -0.4 is 4.74 Å². The highest BCUT2D eigenvalue weighted by atomic mass is 32.1. The molecule has 23 heavy (non-hydrogen) atoms. The molecule has 0 fully saturated rings. The molecule has 1 heterocycles. The summed E-state index contributed by atoms with van der Waals surface area (Å²) in [7, 11) is 0. The van der Waals surface area contributed by atoms with E-state index in [0.29, 0.717) is 17.9 Å². The molecule has 0 radical (unpaired) electrons. The third kappa shape index (κ3) is 4.23. The van der Waals surface area contributed by atoms with E-state index in [4.69, 9.17) is 4.74 Å². The molecule has 0 saturated heterocycles. The second-order valence-corrected chi connectivity index (χ2v) is 5.96. The number of Topliss-reactive ketones (excluding diaryl/α,β-unsaturated/α-hetero) is 1. The summed E-state index contributed by atoms with van der Waals surface area (Å²) in [6.07, 6.45) is 2.29. The zero-order valence-electron chi connectivity index (χ0n) is 12.2. The second kappa shape index (κ2) is 7.15. The molecule has 116 valence electrons. The van der Waals surface area contributed by atoms with Crippen LogP contribution in [-0.2, 0) is 17.6 Å². The van der Waals surface area contributed by atoms with Gasteiger partial charge in [0.2, 0.25) is 0 Å². The highest BCUT2D eigenvalue weighted by molar-refractivity contribution is 7.09. The van der Waals surface area contributed by atoms with E-state index in [1.165, 1.54) is 23.5 Å². The minimum Gasteiger partial charge on any atom is -0.457 e. The predicted octanol–water partition coefficient (Wildman–Crippen LogP) is 4.43. The maximum Gasteiger partial charge on any atom is 0.144 e. The van der Waals surface area contributed by atoms with Gasteiger partial charge in [0, 0.05) is 23.6 Å². The number of carbonyl (C=O) groups is 1. The molecule has 3 rings (SSSR count). The number of rotatable bonds is 6. The molecule has 1 aromatic heterocycles. The van der Waals surface area contributed by atoms with E-state index in [2.05, 4.69) is 4.98 Å². The minimum atomic E-state index is -0.315. The number of aromatic nitrogens is 1. The molecule has 0 atom stereocenters. The van der Waals surface area contributed by atoms with E-state index in [1.807, 2.05) is 23.6 Å². The second-order valence-electron chi connectivity index (χ2n) is 4.98. The van der Waals surface area contributed by atoms with Crippen LogP contribution in [0.3, 0.4) is 0 Å². The van der Waals surface area contributed by atoms with Crippen LogP contribution in [0, 0.1) is 5.82 Å². The summed E-state index contributed by atoms with van der Waals surface area (Å²) in [5.74, 6) is 0.900. The topological polar surface area (TPSA) is 39.2 Å². The molecule has 0 N–H and O–H groups in total. The zero-order chi connectivity index (χ0) is 16.1. The molecule has 5 heteroatoms. The van der Waals surface area contributed by atoms with E-state index in [-0.39, 0.29) is 18.0 Å². The Morgan fingerprint density at radius 3 is 2.61 bits per heavy atom. The highest BCUT2D eigenvalue weighted by Gasteiger charge is 2.11. The van der Waals surface area contributed by atoms with Gasteiger partial charge in [-0.3, -0.25) is 4.79 Å². The van der Waals surface area contributed by atoms with Gasteiger partial charge in [0.05, 0.1) is 11.4 Å². The first kappa shape index (κ1) is 15.4. The lowest BCUT2D eigenvalue weighted by molar-refractivity contribution is -0.117. The predicted molar refractivity (Wildman–Crippen MR) is 87.4 cm³/mol. The lowest BCUT2D eigenvalue weighted by Crippen LogP contribution is -2.07. The molecule has 0 unspecified atom stereocenters. The van der Waals surface area contributed by atoms with Crippen molar-refractivity contribution >= 4 is 17.1 Å². The van der Waals surface area contributed by atoms with Gasteiger partial charge < -0.3 is 4.74 Å². The van der Waals surface area contributed by atoms with Crippen LogP contribution in [0.2, 0.25) is 0 Å². The van der Waals surface area contributed by atoms with Crippen molar-refractivity contribution in [2.75, 3.05) is 0 Å². The van der Waals surface area contributed by atoms with Crippen molar-refractivity contribution in [3.8, 4) is 11.5 Å². The van der Waals surface area contributed by atoms with Gasteiger partial charge in [-0.15, -0.1) is 11.3 Å². The molecular formula is C18H14FNO2S. The van der Waals surface area contributed by atoms with Crippen LogP contribution in [0.1, 0.15) is 10.6 Å². The SMILES string of the molecule is O=C(Cc1nccs1)Cc1ccccc1Oc1ccc(F)cc1. The Labute approximate surface area is 137 Å². The number of halogens is 1. The summed E-state index contributed by atoms with van der Waals surface area (Å²) in [5, 5.41) is 2.67. The minimum absolute atomic E-state index is 0.0788. The summed E-state index contributed by atoms with van der Waals surface area (Å²) >= 11 is 1.47. The molecule has 0 aliphatic heterocycles. The largest absolute Gasteiger partial charge is 0.457 e. The smallest absolute Gasteiger partial charge is 0.144 e. The molecule has 0 saturated carbocycles. The molecule has 2 aromatic carbocycles. The van der Waals surface area contributed by atoms with Crippen molar-refractivity contribution in [1.29, 1.82) is 0 Å². The molecule has 0 spiro atoms. The monoisotopic (exact) mass is 327 g/mol. The van der Waals surface area contributed by atoms with Crippen LogP contribution in [0.15, 0.2) is 60.1 Å². The fourth-order valence-corrected chi connectivity index (χ4v) is 2.81.